The summed E-state index contributed by atoms with van der Waals surface area (Å²) in [4.78, 5) is 25.0. The second kappa shape index (κ2) is 8.05. The lowest BCUT2D eigenvalue weighted by Crippen LogP contribution is -2.49. The van der Waals surface area contributed by atoms with Gasteiger partial charge < -0.3 is 35.5 Å². The van der Waals surface area contributed by atoms with Gasteiger partial charge in [0.15, 0.2) is 1.41 Å². The van der Waals surface area contributed by atoms with E-state index in [0.717, 1.165) is 18.2 Å². The molecule has 0 aliphatic carbocycles. The molecule has 0 spiro atoms. The Balaban J connectivity index is 2.46. The number of aromatic amines is 1. The molecule has 2 aromatic rings. The van der Waals surface area contributed by atoms with Gasteiger partial charge in [0.25, 0.3) is 0 Å². The zero-order valence-electron chi connectivity index (χ0n) is 14.6. The summed E-state index contributed by atoms with van der Waals surface area (Å²) >= 11 is 0. The molecule has 0 fully saturated rings. The molecule has 6 N–H and O–H groups in total. The summed E-state index contributed by atoms with van der Waals surface area (Å²) in [5, 5.41) is 38.0. The van der Waals surface area contributed by atoms with Gasteiger partial charge in [-0.05, 0) is 12.1 Å². The fraction of sp³-hybridized carbons (Fsp3) is 0.375. The van der Waals surface area contributed by atoms with E-state index < -0.39 is 48.3 Å². The number of fused-ring (bicyclic) bond motifs is 1. The van der Waals surface area contributed by atoms with Gasteiger partial charge in [-0.3, -0.25) is 4.79 Å². The molecule has 8 nitrogen and oxygen atoms in total. The van der Waals surface area contributed by atoms with Crippen LogP contribution in [0.15, 0.2) is 29.1 Å². The van der Waals surface area contributed by atoms with Crippen LogP contribution in [0.2, 0.25) is 1.41 Å². The molecular formula is C16H17F3N2O6. The van der Waals surface area contributed by atoms with Crippen molar-refractivity contribution < 1.29 is 39.8 Å². The predicted octanol–water partition coefficient (Wildman–Crippen LogP) is -0.399. The first-order chi connectivity index (χ1) is 13.0. The fourth-order valence-corrected chi connectivity index (χ4v) is 2.46. The third-order valence-corrected chi connectivity index (χ3v) is 3.85. The summed E-state index contributed by atoms with van der Waals surface area (Å²) < 4.78 is 47.2. The first-order valence-electron chi connectivity index (χ1n) is 8.08. The topological polar surface area (TPSA) is 143 Å². The highest BCUT2D eigenvalue weighted by molar-refractivity contribution is 5.86. The number of anilines is 1. The Morgan fingerprint density at radius 2 is 1.89 bits per heavy atom. The lowest BCUT2D eigenvalue weighted by atomic mass is 10.0. The van der Waals surface area contributed by atoms with Crippen LogP contribution in [-0.4, -0.2) is 62.7 Å². The minimum Gasteiger partial charge on any atom is -0.394 e. The van der Waals surface area contributed by atoms with Crippen LogP contribution in [0.4, 0.5) is 18.9 Å². The van der Waals surface area contributed by atoms with Gasteiger partial charge in [0, 0.05) is 17.1 Å². The molecule has 1 heterocycles. The molecule has 27 heavy (non-hydrogen) atoms. The normalized spacial score (nSPS) is 17.1. The molecule has 4 atom stereocenters. The molecule has 0 bridgehead atoms. The second-order valence-corrected chi connectivity index (χ2v) is 5.76. The van der Waals surface area contributed by atoms with E-state index in [1.54, 1.807) is 0 Å². The smallest absolute Gasteiger partial charge is 0.394 e. The summed E-state index contributed by atoms with van der Waals surface area (Å²) in [7, 11) is 0. The van der Waals surface area contributed by atoms with E-state index in [1.165, 1.54) is 0 Å². The van der Waals surface area contributed by atoms with Crippen LogP contribution in [0.25, 0.3) is 10.9 Å². The Labute approximate surface area is 151 Å². The standard InChI is InChI=1S/C16H17F3N2O6/c17-16(18,19)9-4-13(25)21-10-3-7(1-2-8(9)10)20-11(5-22)14(26)15(27)12(24)6-23/h1-5,11-12,14-15,20,23-24,26-27H,6H2,(H,21,25)/t11-,12+,14+,15+/m0/s1/i/hD. The van der Waals surface area contributed by atoms with E-state index in [4.69, 9.17) is 6.52 Å². The van der Waals surface area contributed by atoms with E-state index >= 15 is 0 Å². The molecule has 0 aliphatic heterocycles. The first-order valence-corrected chi connectivity index (χ1v) is 7.64. The largest absolute Gasteiger partial charge is 0.417 e. The van der Waals surface area contributed by atoms with E-state index in [9.17, 15) is 38.1 Å². The molecule has 0 amide bonds. The number of aliphatic hydroxyl groups is 4. The minimum atomic E-state index is -4.79. The Kier molecular flexibility index (Phi) is 5.75. The van der Waals surface area contributed by atoms with Crippen LogP contribution in [-0.2, 0) is 11.0 Å². The molecule has 2 rings (SSSR count). The maximum atomic E-state index is 13.1. The SMILES string of the molecule is [2H]N(c1ccc2c(C(F)(F)F)cc(=O)[nH]c2c1)[C@@H](C=O)[C@@H](O)[C@H](O)[C@H](O)CO. The number of halogens is 3. The van der Waals surface area contributed by atoms with Crippen molar-refractivity contribution in [3.8, 4) is 0 Å². The number of aldehydes is 1. The number of hydrogen-bond donors (Lipinski definition) is 6. The van der Waals surface area contributed by atoms with Crippen LogP contribution in [0, 0.1) is 0 Å². The van der Waals surface area contributed by atoms with Crippen LogP contribution in [0.3, 0.4) is 0 Å². The van der Waals surface area contributed by atoms with Gasteiger partial charge in [0.05, 0.1) is 17.7 Å². The first kappa shape index (κ1) is 19.3. The number of benzene rings is 1. The number of carbonyl (C=O) groups is 1. The van der Waals surface area contributed by atoms with Crippen molar-refractivity contribution in [2.24, 2.45) is 0 Å². The number of H-pyrrole nitrogens is 1. The van der Waals surface area contributed by atoms with E-state index in [2.05, 4.69) is 4.98 Å². The number of pyridine rings is 1. The average molecular weight is 391 g/mol. The zero-order chi connectivity index (χ0) is 21.2. The highest BCUT2D eigenvalue weighted by Crippen LogP contribution is 2.34. The van der Waals surface area contributed by atoms with Gasteiger partial charge in [-0.15, -0.1) is 0 Å². The van der Waals surface area contributed by atoms with E-state index in [0.29, 0.717) is 11.4 Å². The maximum Gasteiger partial charge on any atom is 0.417 e. The van der Waals surface area contributed by atoms with Crippen LogP contribution < -0.4 is 10.9 Å². The highest BCUT2D eigenvalue weighted by atomic mass is 19.4. The molecule has 0 radical (unpaired) electrons. The van der Waals surface area contributed by atoms with Crippen molar-refractivity contribution in [2.75, 3.05) is 11.9 Å². The van der Waals surface area contributed by atoms with Crippen molar-refractivity contribution in [1.29, 1.82) is 0 Å². The Morgan fingerprint density at radius 1 is 1.22 bits per heavy atom. The molecule has 0 aliphatic rings. The van der Waals surface area contributed by atoms with Crippen molar-refractivity contribution >= 4 is 22.9 Å². The lowest BCUT2D eigenvalue weighted by Gasteiger charge is -2.27. The number of hydrogen-bond acceptors (Lipinski definition) is 7. The maximum absolute atomic E-state index is 13.1. The van der Waals surface area contributed by atoms with Crippen molar-refractivity contribution in [3.63, 3.8) is 0 Å². The van der Waals surface area contributed by atoms with E-state index in [-0.39, 0.29) is 22.9 Å². The number of rotatable bonds is 7. The van der Waals surface area contributed by atoms with E-state index in [1.807, 2.05) is 0 Å². The summed E-state index contributed by atoms with van der Waals surface area (Å²) in [6.07, 6.45) is -10.4. The molecule has 0 unspecified atom stereocenters. The molecule has 11 heteroatoms. The van der Waals surface area contributed by atoms with Gasteiger partial charge in [-0.2, -0.15) is 13.2 Å². The number of nitrogens with one attached hydrogen (secondary N) is 2. The molecule has 1 aromatic heterocycles. The Hall–Kier alpha value is -2.47. The molecule has 0 saturated heterocycles. The fourth-order valence-electron chi connectivity index (χ4n) is 2.46. The molecule has 1 aromatic carbocycles. The molecule has 0 saturated carbocycles. The number of aromatic nitrogens is 1. The van der Waals surface area contributed by atoms with Crippen molar-refractivity contribution in [1.82, 2.24) is 4.98 Å². The average Bonchev–Trinajstić information content (AvgIpc) is 2.64. The molecule has 148 valence electrons. The monoisotopic (exact) mass is 391 g/mol. The van der Waals surface area contributed by atoms with Gasteiger partial charge in [-0.25, -0.2) is 0 Å². The summed E-state index contributed by atoms with van der Waals surface area (Å²) in [5.74, 6) is 0. The summed E-state index contributed by atoms with van der Waals surface area (Å²) in [5.41, 5.74) is -2.64. The third kappa shape index (κ3) is 4.63. The lowest BCUT2D eigenvalue weighted by molar-refractivity contribution is -0.136. The molecular weight excluding hydrogens is 373 g/mol. The summed E-state index contributed by atoms with van der Waals surface area (Å²) in [6, 6.07) is 1.70. The van der Waals surface area contributed by atoms with Crippen molar-refractivity contribution in [2.45, 2.75) is 30.5 Å². The predicted molar refractivity (Wildman–Crippen MR) is 88.2 cm³/mol. The Bertz CT molecular complexity index is 906. The second-order valence-electron chi connectivity index (χ2n) is 5.76. The summed E-state index contributed by atoms with van der Waals surface area (Å²) in [6.45, 7) is -0.917. The number of aliphatic hydroxyl groups excluding tert-OH is 4. The van der Waals surface area contributed by atoms with Gasteiger partial charge in [0.1, 0.15) is 30.6 Å². The van der Waals surface area contributed by atoms with Crippen LogP contribution >= 0.6 is 0 Å². The van der Waals surface area contributed by atoms with Gasteiger partial charge in [0.2, 0.25) is 5.56 Å². The van der Waals surface area contributed by atoms with Crippen molar-refractivity contribution in [3.05, 3.63) is 40.2 Å². The van der Waals surface area contributed by atoms with Crippen LogP contribution in [0.5, 0.6) is 0 Å². The highest BCUT2D eigenvalue weighted by Gasteiger charge is 2.34. The minimum absolute atomic E-state index is 0.0874. The quantitative estimate of drug-likeness (QED) is 0.353. The number of alkyl halides is 3. The van der Waals surface area contributed by atoms with Gasteiger partial charge >= 0.3 is 6.18 Å². The van der Waals surface area contributed by atoms with Gasteiger partial charge in [-0.1, -0.05) is 6.07 Å². The Morgan fingerprint density at radius 3 is 2.44 bits per heavy atom. The third-order valence-electron chi connectivity index (χ3n) is 3.85. The number of carbonyl (C=O) groups excluding carboxylic acids is 1. The van der Waals surface area contributed by atoms with Crippen LogP contribution in [0.1, 0.15) is 5.56 Å². The zero-order valence-corrected chi connectivity index (χ0v) is 13.6.